The molecule has 0 atom stereocenters. The monoisotopic (exact) mass is 250 g/mol. The van der Waals surface area contributed by atoms with Crippen LogP contribution in [0.25, 0.3) is 0 Å². The highest BCUT2D eigenvalue weighted by atomic mass is 35.5. The van der Waals surface area contributed by atoms with Crippen molar-refractivity contribution in [3.63, 3.8) is 0 Å². The van der Waals surface area contributed by atoms with E-state index in [1.807, 2.05) is 0 Å². The molecule has 0 spiro atoms. The summed E-state index contributed by atoms with van der Waals surface area (Å²) in [6, 6.07) is 6.44. The number of hydrogen-bond donors (Lipinski definition) is 0. The molecule has 17 heavy (non-hydrogen) atoms. The third kappa shape index (κ3) is 1.95. The van der Waals surface area contributed by atoms with Crippen LogP contribution >= 0.6 is 11.6 Å². The maximum absolute atomic E-state index is 12.8. The van der Waals surface area contributed by atoms with Crippen LogP contribution in [0.5, 0.6) is 0 Å². The Morgan fingerprint density at radius 3 is 2.71 bits per heavy atom. The maximum atomic E-state index is 12.8. The molecule has 0 N–H and O–H groups in total. The summed E-state index contributed by atoms with van der Waals surface area (Å²) in [5.74, 6) is -0.220. The van der Waals surface area contributed by atoms with Crippen LogP contribution < -0.4 is 0 Å². The van der Waals surface area contributed by atoms with Crippen molar-refractivity contribution in [3.05, 3.63) is 52.1 Å². The Bertz CT molecular complexity index is 545. The van der Waals surface area contributed by atoms with Crippen LogP contribution in [0.2, 0.25) is 5.15 Å². The molecule has 0 amide bonds. The SMILES string of the molecule is Fc1ccc(Cn2nc3c(c2Cl)CCC3)cc1. The van der Waals surface area contributed by atoms with Crippen molar-refractivity contribution in [2.45, 2.75) is 25.8 Å². The number of rotatable bonds is 2. The molecule has 0 aliphatic heterocycles. The number of halogens is 2. The molecule has 0 saturated carbocycles. The van der Waals surface area contributed by atoms with E-state index in [1.54, 1.807) is 16.8 Å². The Labute approximate surface area is 104 Å². The van der Waals surface area contributed by atoms with Crippen LogP contribution in [0.3, 0.4) is 0 Å². The molecule has 1 aromatic carbocycles. The Morgan fingerprint density at radius 1 is 1.24 bits per heavy atom. The molecule has 2 nitrogen and oxygen atoms in total. The van der Waals surface area contributed by atoms with Gasteiger partial charge in [-0.1, -0.05) is 23.7 Å². The maximum Gasteiger partial charge on any atom is 0.130 e. The molecule has 4 heteroatoms. The molecule has 0 radical (unpaired) electrons. The van der Waals surface area contributed by atoms with Gasteiger partial charge in [-0.3, -0.25) is 0 Å². The average Bonchev–Trinajstić information content (AvgIpc) is 2.87. The van der Waals surface area contributed by atoms with Gasteiger partial charge >= 0.3 is 0 Å². The number of hydrogen-bond acceptors (Lipinski definition) is 1. The van der Waals surface area contributed by atoms with Gasteiger partial charge in [0.2, 0.25) is 0 Å². The molecule has 2 aromatic rings. The Morgan fingerprint density at radius 2 is 2.00 bits per heavy atom. The zero-order chi connectivity index (χ0) is 11.8. The molecular weight excluding hydrogens is 239 g/mol. The predicted molar refractivity (Wildman–Crippen MR) is 64.8 cm³/mol. The third-order valence-electron chi connectivity index (χ3n) is 3.15. The minimum absolute atomic E-state index is 0.220. The zero-order valence-electron chi connectivity index (χ0n) is 9.29. The van der Waals surface area contributed by atoms with Gasteiger partial charge in [0.05, 0.1) is 12.2 Å². The van der Waals surface area contributed by atoms with Gasteiger partial charge in [0.25, 0.3) is 0 Å². The van der Waals surface area contributed by atoms with Crippen molar-refractivity contribution in [3.8, 4) is 0 Å². The van der Waals surface area contributed by atoms with Gasteiger partial charge in [-0.15, -0.1) is 0 Å². The van der Waals surface area contributed by atoms with Gasteiger partial charge in [0, 0.05) is 5.56 Å². The lowest BCUT2D eigenvalue weighted by Crippen LogP contribution is -2.03. The van der Waals surface area contributed by atoms with Gasteiger partial charge < -0.3 is 0 Å². The van der Waals surface area contributed by atoms with Crippen LogP contribution in [-0.2, 0) is 19.4 Å². The van der Waals surface area contributed by atoms with Crippen molar-refractivity contribution in [1.29, 1.82) is 0 Å². The largest absolute Gasteiger partial charge is 0.249 e. The van der Waals surface area contributed by atoms with E-state index < -0.39 is 0 Å². The molecule has 0 fully saturated rings. The predicted octanol–water partition coefficient (Wildman–Crippen LogP) is 3.21. The summed E-state index contributed by atoms with van der Waals surface area (Å²) in [6.07, 6.45) is 3.19. The Hall–Kier alpha value is -1.35. The second-order valence-electron chi connectivity index (χ2n) is 4.35. The zero-order valence-corrected chi connectivity index (χ0v) is 10.0. The minimum atomic E-state index is -0.220. The molecule has 1 aliphatic carbocycles. The van der Waals surface area contributed by atoms with Crippen LogP contribution in [0.15, 0.2) is 24.3 Å². The lowest BCUT2D eigenvalue weighted by atomic mass is 10.2. The normalized spacial score (nSPS) is 14.0. The van der Waals surface area contributed by atoms with Crippen molar-refractivity contribution in [1.82, 2.24) is 9.78 Å². The van der Waals surface area contributed by atoms with Crippen molar-refractivity contribution >= 4 is 11.6 Å². The second kappa shape index (κ2) is 4.15. The minimum Gasteiger partial charge on any atom is -0.249 e. The van der Waals surface area contributed by atoms with E-state index in [0.29, 0.717) is 6.54 Å². The molecule has 1 aromatic heterocycles. The number of benzene rings is 1. The summed E-state index contributed by atoms with van der Waals surface area (Å²) >= 11 is 6.28. The number of fused-ring (bicyclic) bond motifs is 1. The quantitative estimate of drug-likeness (QED) is 0.800. The fourth-order valence-corrected chi connectivity index (χ4v) is 2.57. The van der Waals surface area contributed by atoms with E-state index in [2.05, 4.69) is 5.10 Å². The summed E-state index contributed by atoms with van der Waals surface area (Å²) in [6.45, 7) is 0.603. The van der Waals surface area contributed by atoms with E-state index >= 15 is 0 Å². The topological polar surface area (TPSA) is 17.8 Å². The highest BCUT2D eigenvalue weighted by molar-refractivity contribution is 6.30. The van der Waals surface area contributed by atoms with Gasteiger partial charge in [-0.05, 0) is 37.0 Å². The van der Waals surface area contributed by atoms with E-state index in [0.717, 1.165) is 35.7 Å². The molecule has 0 unspecified atom stereocenters. The number of aromatic nitrogens is 2. The fourth-order valence-electron chi connectivity index (χ4n) is 2.27. The molecule has 88 valence electrons. The standard InChI is InChI=1S/C13H12ClFN2/c14-13-11-2-1-3-12(11)16-17(13)8-9-4-6-10(15)7-5-9/h4-7H,1-3,8H2. The summed E-state index contributed by atoms with van der Waals surface area (Å²) < 4.78 is 14.6. The van der Waals surface area contributed by atoms with E-state index in [4.69, 9.17) is 11.6 Å². The third-order valence-corrected chi connectivity index (χ3v) is 3.57. The summed E-state index contributed by atoms with van der Waals surface area (Å²) in [4.78, 5) is 0. The molecule has 0 bridgehead atoms. The smallest absolute Gasteiger partial charge is 0.130 e. The second-order valence-corrected chi connectivity index (χ2v) is 4.71. The van der Waals surface area contributed by atoms with E-state index in [-0.39, 0.29) is 5.82 Å². The summed E-state index contributed by atoms with van der Waals surface area (Å²) in [7, 11) is 0. The fraction of sp³-hybridized carbons (Fsp3) is 0.308. The number of aryl methyl sites for hydroxylation is 1. The highest BCUT2D eigenvalue weighted by Crippen LogP contribution is 2.28. The molecule has 1 aliphatic rings. The first kappa shape index (κ1) is 10.8. The first-order chi connectivity index (χ1) is 8.24. The summed E-state index contributed by atoms with van der Waals surface area (Å²) in [5, 5.41) is 5.24. The van der Waals surface area contributed by atoms with Gasteiger partial charge in [-0.25, -0.2) is 9.07 Å². The van der Waals surface area contributed by atoms with Crippen LogP contribution in [0.4, 0.5) is 4.39 Å². The van der Waals surface area contributed by atoms with Gasteiger partial charge in [0.15, 0.2) is 0 Å². The molecule has 3 rings (SSSR count). The summed E-state index contributed by atoms with van der Waals surface area (Å²) in [5.41, 5.74) is 3.32. The van der Waals surface area contributed by atoms with Crippen molar-refractivity contribution in [2.75, 3.05) is 0 Å². The van der Waals surface area contributed by atoms with Crippen LogP contribution in [0.1, 0.15) is 23.2 Å². The molecule has 1 heterocycles. The Balaban J connectivity index is 1.88. The Kier molecular flexibility index (Phi) is 2.63. The lowest BCUT2D eigenvalue weighted by molar-refractivity contribution is 0.623. The molecule has 0 saturated heterocycles. The van der Waals surface area contributed by atoms with Gasteiger partial charge in [-0.2, -0.15) is 5.10 Å². The molecular formula is C13H12ClFN2. The van der Waals surface area contributed by atoms with Gasteiger partial charge in [0.1, 0.15) is 11.0 Å². The van der Waals surface area contributed by atoms with E-state index in [9.17, 15) is 4.39 Å². The first-order valence-electron chi connectivity index (χ1n) is 5.72. The van der Waals surface area contributed by atoms with Crippen LogP contribution in [-0.4, -0.2) is 9.78 Å². The van der Waals surface area contributed by atoms with E-state index in [1.165, 1.54) is 17.7 Å². The average molecular weight is 251 g/mol. The number of nitrogens with zero attached hydrogens (tertiary/aromatic N) is 2. The first-order valence-corrected chi connectivity index (χ1v) is 6.10. The lowest BCUT2D eigenvalue weighted by Gasteiger charge is -2.04. The van der Waals surface area contributed by atoms with Crippen molar-refractivity contribution < 1.29 is 4.39 Å². The van der Waals surface area contributed by atoms with Crippen molar-refractivity contribution in [2.24, 2.45) is 0 Å². The van der Waals surface area contributed by atoms with Crippen LogP contribution in [0, 0.1) is 5.82 Å². The highest BCUT2D eigenvalue weighted by Gasteiger charge is 2.20.